The number of hydrogen-bond donors (Lipinski definition) is 1. The second-order valence-electron chi connectivity index (χ2n) is 7.59. The Kier molecular flexibility index (Phi) is 9.12. The fraction of sp³-hybridized carbons (Fsp3) is 0.435. The molecular formula is C23H29F3N2O3S. The maximum Gasteiger partial charge on any atom is 0.416 e. The molecule has 0 heterocycles. The first-order valence-corrected chi connectivity index (χ1v) is 12.0. The first-order chi connectivity index (χ1) is 15.1. The summed E-state index contributed by atoms with van der Waals surface area (Å²) in [4.78, 5) is 12.5. The summed E-state index contributed by atoms with van der Waals surface area (Å²) in [7, 11) is -4.26. The van der Waals surface area contributed by atoms with Gasteiger partial charge in [-0.3, -0.25) is 9.10 Å². The number of amides is 1. The molecule has 0 radical (unpaired) electrons. The van der Waals surface area contributed by atoms with Crippen LogP contribution in [0.4, 0.5) is 18.9 Å². The van der Waals surface area contributed by atoms with Crippen LogP contribution in [0.2, 0.25) is 0 Å². The van der Waals surface area contributed by atoms with Crippen molar-refractivity contribution < 1.29 is 26.4 Å². The van der Waals surface area contributed by atoms with Gasteiger partial charge in [0.1, 0.15) is 6.54 Å². The highest BCUT2D eigenvalue weighted by Gasteiger charge is 2.33. The minimum Gasteiger partial charge on any atom is -0.354 e. The standard InChI is InChI=1S/C23H29F3N2O3S/c1-3-5-10-18(4-2)16-27-22(29)17-28(32(30,31)21-13-7-6-8-14-21)20-12-9-11-19(15-20)23(24,25)26/h6-9,11-15,18H,3-5,10,16-17H2,1-2H3,(H,27,29)/t18-/m1/s1. The zero-order chi connectivity index (χ0) is 23.8. The monoisotopic (exact) mass is 470 g/mol. The van der Waals surface area contributed by atoms with Crippen LogP contribution in [0.1, 0.15) is 45.1 Å². The van der Waals surface area contributed by atoms with E-state index in [-0.39, 0.29) is 16.5 Å². The predicted molar refractivity (Wildman–Crippen MR) is 119 cm³/mol. The number of sulfonamides is 1. The molecule has 0 bridgehead atoms. The van der Waals surface area contributed by atoms with Crippen LogP contribution in [0.3, 0.4) is 0 Å². The van der Waals surface area contributed by atoms with E-state index < -0.39 is 34.2 Å². The quantitative estimate of drug-likeness (QED) is 0.489. The van der Waals surface area contributed by atoms with Crippen molar-refractivity contribution in [1.82, 2.24) is 5.32 Å². The molecular weight excluding hydrogens is 441 g/mol. The summed E-state index contributed by atoms with van der Waals surface area (Å²) >= 11 is 0. The molecule has 9 heteroatoms. The maximum atomic E-state index is 13.2. The molecule has 1 N–H and O–H groups in total. The number of unbranched alkanes of at least 4 members (excludes halogenated alkanes) is 1. The van der Waals surface area contributed by atoms with Gasteiger partial charge < -0.3 is 5.32 Å². The molecule has 0 spiro atoms. The zero-order valence-corrected chi connectivity index (χ0v) is 19.0. The highest BCUT2D eigenvalue weighted by molar-refractivity contribution is 7.92. The summed E-state index contributed by atoms with van der Waals surface area (Å²) in [6.07, 6.45) is -0.794. The second-order valence-corrected chi connectivity index (χ2v) is 9.46. The first kappa shape index (κ1) is 25.7. The van der Waals surface area contributed by atoms with Crippen LogP contribution in [0, 0.1) is 5.92 Å². The molecule has 32 heavy (non-hydrogen) atoms. The largest absolute Gasteiger partial charge is 0.416 e. The predicted octanol–water partition coefficient (Wildman–Crippen LogP) is 5.23. The minimum absolute atomic E-state index is 0.111. The topological polar surface area (TPSA) is 66.5 Å². The molecule has 0 saturated heterocycles. The lowest BCUT2D eigenvalue weighted by Crippen LogP contribution is -2.42. The first-order valence-electron chi connectivity index (χ1n) is 10.6. The molecule has 0 unspecified atom stereocenters. The van der Waals surface area contributed by atoms with Crippen molar-refractivity contribution in [3.63, 3.8) is 0 Å². The number of nitrogens with one attached hydrogen (secondary N) is 1. The summed E-state index contributed by atoms with van der Waals surface area (Å²) in [5.41, 5.74) is -1.22. The zero-order valence-electron chi connectivity index (χ0n) is 18.2. The molecule has 1 amide bonds. The molecule has 2 aromatic rings. The van der Waals surface area contributed by atoms with E-state index in [0.717, 1.165) is 48.2 Å². The summed E-state index contributed by atoms with van der Waals surface area (Å²) in [6.45, 7) is 3.86. The normalized spacial score (nSPS) is 12.9. The number of benzene rings is 2. The highest BCUT2D eigenvalue weighted by atomic mass is 32.2. The molecule has 0 aliphatic carbocycles. The number of carbonyl (C=O) groups excluding carboxylic acids is 1. The van der Waals surface area contributed by atoms with Crippen molar-refractivity contribution in [2.45, 2.75) is 50.6 Å². The van der Waals surface area contributed by atoms with Gasteiger partial charge in [-0.15, -0.1) is 0 Å². The molecule has 0 fully saturated rings. The van der Waals surface area contributed by atoms with Gasteiger partial charge in [0.05, 0.1) is 16.1 Å². The summed E-state index contributed by atoms with van der Waals surface area (Å²) in [5.74, 6) is -0.316. The van der Waals surface area contributed by atoms with Crippen LogP contribution >= 0.6 is 0 Å². The number of hydrogen-bond acceptors (Lipinski definition) is 3. The Bertz CT molecular complexity index is 979. The number of anilines is 1. The summed E-state index contributed by atoms with van der Waals surface area (Å²) in [5, 5.41) is 2.74. The fourth-order valence-corrected chi connectivity index (χ4v) is 4.69. The lowest BCUT2D eigenvalue weighted by Gasteiger charge is -2.25. The lowest BCUT2D eigenvalue weighted by molar-refractivity contribution is -0.137. The van der Waals surface area contributed by atoms with Crippen LogP contribution < -0.4 is 9.62 Å². The number of alkyl halides is 3. The lowest BCUT2D eigenvalue weighted by atomic mass is 9.99. The van der Waals surface area contributed by atoms with Crippen molar-refractivity contribution in [3.05, 3.63) is 60.2 Å². The average molecular weight is 471 g/mol. The van der Waals surface area contributed by atoms with Gasteiger partial charge in [0.2, 0.25) is 5.91 Å². The molecule has 176 valence electrons. The van der Waals surface area contributed by atoms with Crippen LogP contribution in [0.5, 0.6) is 0 Å². The molecule has 5 nitrogen and oxygen atoms in total. The van der Waals surface area contributed by atoms with Crippen molar-refractivity contribution in [1.29, 1.82) is 0 Å². The SMILES string of the molecule is CCCC[C@@H](CC)CNC(=O)CN(c1cccc(C(F)(F)F)c1)S(=O)(=O)c1ccccc1. The third-order valence-corrected chi connectivity index (χ3v) is 7.00. The van der Waals surface area contributed by atoms with Crippen LogP contribution in [-0.2, 0) is 21.0 Å². The van der Waals surface area contributed by atoms with Crippen LogP contribution in [-0.4, -0.2) is 27.4 Å². The maximum absolute atomic E-state index is 13.2. The number of nitrogens with zero attached hydrogens (tertiary/aromatic N) is 1. The number of halogens is 3. The van der Waals surface area contributed by atoms with E-state index in [1.54, 1.807) is 6.07 Å². The smallest absolute Gasteiger partial charge is 0.354 e. The van der Waals surface area contributed by atoms with Crippen molar-refractivity contribution in [3.8, 4) is 0 Å². The van der Waals surface area contributed by atoms with Gasteiger partial charge in [-0.25, -0.2) is 8.42 Å². The van der Waals surface area contributed by atoms with E-state index in [1.165, 1.54) is 30.3 Å². The van der Waals surface area contributed by atoms with E-state index in [9.17, 15) is 26.4 Å². The van der Waals surface area contributed by atoms with Crippen molar-refractivity contribution in [2.75, 3.05) is 17.4 Å². The van der Waals surface area contributed by atoms with Gasteiger partial charge in [0.15, 0.2) is 0 Å². The van der Waals surface area contributed by atoms with Gasteiger partial charge in [0, 0.05) is 6.54 Å². The Balaban J connectivity index is 2.33. The van der Waals surface area contributed by atoms with Gasteiger partial charge in [0.25, 0.3) is 10.0 Å². The van der Waals surface area contributed by atoms with E-state index in [4.69, 9.17) is 0 Å². The third-order valence-electron chi connectivity index (χ3n) is 5.21. The van der Waals surface area contributed by atoms with E-state index in [2.05, 4.69) is 12.2 Å². The molecule has 1 atom stereocenters. The molecule has 2 rings (SSSR count). The minimum atomic E-state index is -4.64. The van der Waals surface area contributed by atoms with Crippen LogP contribution in [0.15, 0.2) is 59.5 Å². The van der Waals surface area contributed by atoms with Crippen LogP contribution in [0.25, 0.3) is 0 Å². The molecule has 0 aromatic heterocycles. The van der Waals surface area contributed by atoms with Gasteiger partial charge in [-0.2, -0.15) is 13.2 Å². The molecule has 2 aromatic carbocycles. The Morgan fingerprint density at radius 1 is 1.06 bits per heavy atom. The Morgan fingerprint density at radius 2 is 1.75 bits per heavy atom. The van der Waals surface area contributed by atoms with Gasteiger partial charge >= 0.3 is 6.18 Å². The number of carbonyl (C=O) groups is 1. The highest BCUT2D eigenvalue weighted by Crippen LogP contribution is 2.33. The van der Waals surface area contributed by atoms with Crippen molar-refractivity contribution >= 4 is 21.6 Å². The van der Waals surface area contributed by atoms with E-state index in [0.29, 0.717) is 6.54 Å². The fourth-order valence-electron chi connectivity index (χ4n) is 3.26. The summed E-state index contributed by atoms with van der Waals surface area (Å²) in [6, 6.07) is 11.3. The Morgan fingerprint density at radius 3 is 2.34 bits per heavy atom. The second kappa shape index (κ2) is 11.4. The van der Waals surface area contributed by atoms with E-state index >= 15 is 0 Å². The Hall–Kier alpha value is -2.55. The van der Waals surface area contributed by atoms with Gasteiger partial charge in [-0.1, -0.05) is 57.4 Å². The molecule has 0 saturated carbocycles. The Labute approximate surface area is 187 Å². The molecule has 0 aliphatic heterocycles. The molecule has 0 aliphatic rings. The van der Waals surface area contributed by atoms with Crippen molar-refractivity contribution in [2.24, 2.45) is 5.92 Å². The average Bonchev–Trinajstić information content (AvgIpc) is 2.77. The number of rotatable bonds is 11. The summed E-state index contributed by atoms with van der Waals surface area (Å²) < 4.78 is 66.8. The van der Waals surface area contributed by atoms with Gasteiger partial charge in [-0.05, 0) is 42.7 Å². The van der Waals surface area contributed by atoms with E-state index in [1.807, 2.05) is 6.92 Å². The third kappa shape index (κ3) is 6.98.